The van der Waals surface area contributed by atoms with E-state index in [1.165, 1.54) is 12.1 Å². The fraction of sp³-hybridized carbons (Fsp3) is 0.0417. The second-order valence-electron chi connectivity index (χ2n) is 6.52. The molecule has 5 heteroatoms. The lowest BCUT2D eigenvalue weighted by atomic mass is 10.00. The molecule has 0 amide bonds. The van der Waals surface area contributed by atoms with E-state index in [9.17, 15) is 10.1 Å². The first-order valence-electron chi connectivity index (χ1n) is 9.11. The molecule has 0 saturated carbocycles. The number of nitro benzene ring substituents is 1. The van der Waals surface area contributed by atoms with Gasteiger partial charge in [0.05, 0.1) is 23.4 Å². The topological polar surface area (TPSA) is 65.3 Å². The van der Waals surface area contributed by atoms with Gasteiger partial charge in [0.1, 0.15) is 5.75 Å². The first-order valence-corrected chi connectivity index (χ1v) is 9.11. The van der Waals surface area contributed by atoms with Crippen molar-refractivity contribution in [3.63, 3.8) is 0 Å². The smallest absolute Gasteiger partial charge is 0.269 e. The third kappa shape index (κ3) is 3.99. The van der Waals surface area contributed by atoms with Gasteiger partial charge in [0.15, 0.2) is 0 Å². The Morgan fingerprint density at radius 1 is 0.724 bits per heavy atom. The van der Waals surface area contributed by atoms with Crippen LogP contribution in [0.5, 0.6) is 5.75 Å². The molecule has 29 heavy (non-hydrogen) atoms. The van der Waals surface area contributed by atoms with Crippen LogP contribution in [-0.4, -0.2) is 17.0 Å². The zero-order chi connectivity index (χ0) is 20.2. The van der Waals surface area contributed by atoms with Gasteiger partial charge in [-0.25, -0.2) is 4.98 Å². The highest BCUT2D eigenvalue weighted by molar-refractivity contribution is 5.76. The molecule has 3 aromatic carbocycles. The quantitative estimate of drug-likeness (QED) is 0.314. The van der Waals surface area contributed by atoms with Crippen LogP contribution < -0.4 is 4.74 Å². The number of rotatable bonds is 5. The number of hydrogen-bond donors (Lipinski definition) is 0. The summed E-state index contributed by atoms with van der Waals surface area (Å²) >= 11 is 0. The van der Waals surface area contributed by atoms with Gasteiger partial charge in [0.2, 0.25) is 0 Å². The average Bonchev–Trinajstić information content (AvgIpc) is 2.79. The second kappa shape index (κ2) is 7.94. The van der Waals surface area contributed by atoms with E-state index in [4.69, 9.17) is 9.72 Å². The summed E-state index contributed by atoms with van der Waals surface area (Å²) in [5.74, 6) is 0.781. The van der Waals surface area contributed by atoms with E-state index in [2.05, 4.69) is 0 Å². The lowest BCUT2D eigenvalue weighted by Crippen LogP contribution is -1.92. The van der Waals surface area contributed by atoms with Crippen molar-refractivity contribution in [2.75, 3.05) is 7.11 Å². The van der Waals surface area contributed by atoms with Crippen molar-refractivity contribution >= 4 is 5.69 Å². The molecule has 1 heterocycles. The molecule has 0 radical (unpaired) electrons. The van der Waals surface area contributed by atoms with E-state index >= 15 is 0 Å². The first kappa shape index (κ1) is 18.4. The summed E-state index contributed by atoms with van der Waals surface area (Å²) in [6.07, 6.45) is 0. The number of benzene rings is 3. The number of nitrogens with zero attached hydrogens (tertiary/aromatic N) is 2. The zero-order valence-electron chi connectivity index (χ0n) is 15.8. The molecule has 0 atom stereocenters. The molecule has 0 spiro atoms. The van der Waals surface area contributed by atoms with Crippen LogP contribution in [0.4, 0.5) is 5.69 Å². The monoisotopic (exact) mass is 382 g/mol. The summed E-state index contributed by atoms with van der Waals surface area (Å²) in [7, 11) is 1.63. The molecule has 142 valence electrons. The Balaban J connectivity index is 1.84. The third-order valence-electron chi connectivity index (χ3n) is 4.69. The fourth-order valence-corrected chi connectivity index (χ4v) is 3.14. The Bertz CT molecular complexity index is 1140. The number of non-ortho nitro benzene ring substituents is 1. The second-order valence-corrected chi connectivity index (χ2v) is 6.52. The van der Waals surface area contributed by atoms with Gasteiger partial charge < -0.3 is 4.74 Å². The van der Waals surface area contributed by atoms with Crippen LogP contribution in [0.1, 0.15) is 0 Å². The average molecular weight is 382 g/mol. The van der Waals surface area contributed by atoms with Gasteiger partial charge in [-0.15, -0.1) is 0 Å². The van der Waals surface area contributed by atoms with Crippen LogP contribution in [0.3, 0.4) is 0 Å². The fourth-order valence-electron chi connectivity index (χ4n) is 3.14. The van der Waals surface area contributed by atoms with E-state index in [0.717, 1.165) is 39.4 Å². The normalized spacial score (nSPS) is 10.5. The van der Waals surface area contributed by atoms with Gasteiger partial charge in [-0.2, -0.15) is 0 Å². The molecule has 1 aromatic heterocycles. The molecule has 0 fully saturated rings. The van der Waals surface area contributed by atoms with Crippen LogP contribution in [0.2, 0.25) is 0 Å². The molecule has 0 aliphatic carbocycles. The van der Waals surface area contributed by atoms with E-state index in [-0.39, 0.29) is 5.69 Å². The molecule has 5 nitrogen and oxygen atoms in total. The van der Waals surface area contributed by atoms with Crippen molar-refractivity contribution in [1.82, 2.24) is 4.98 Å². The molecule has 4 rings (SSSR count). The van der Waals surface area contributed by atoms with Gasteiger partial charge in [0, 0.05) is 23.3 Å². The number of hydrogen-bond acceptors (Lipinski definition) is 4. The standard InChI is InChI=1S/C24H18N2O3/c1-29-22-13-9-19(10-14-22)24-16-20(17-5-3-2-4-6-17)15-23(25-24)18-7-11-21(12-8-18)26(27)28/h2-16H,1H3. The van der Waals surface area contributed by atoms with Crippen LogP contribution in [0, 0.1) is 10.1 Å². The predicted molar refractivity (Wildman–Crippen MR) is 114 cm³/mol. The number of methoxy groups -OCH3 is 1. The Labute approximate surface area is 168 Å². The summed E-state index contributed by atoms with van der Waals surface area (Å²) in [5.41, 5.74) is 5.53. The summed E-state index contributed by atoms with van der Waals surface area (Å²) < 4.78 is 5.25. The van der Waals surface area contributed by atoms with Gasteiger partial charge in [-0.3, -0.25) is 10.1 Å². The Hall–Kier alpha value is -3.99. The maximum absolute atomic E-state index is 11.0. The van der Waals surface area contributed by atoms with E-state index in [1.54, 1.807) is 19.2 Å². The summed E-state index contributed by atoms with van der Waals surface area (Å²) in [4.78, 5) is 15.4. The Morgan fingerprint density at radius 3 is 1.79 bits per heavy atom. The Morgan fingerprint density at radius 2 is 1.28 bits per heavy atom. The molecule has 0 aliphatic heterocycles. The lowest BCUT2D eigenvalue weighted by Gasteiger charge is -2.11. The summed E-state index contributed by atoms with van der Waals surface area (Å²) in [6.45, 7) is 0. The van der Waals surface area contributed by atoms with Gasteiger partial charge in [-0.1, -0.05) is 30.3 Å². The van der Waals surface area contributed by atoms with Crippen molar-refractivity contribution in [1.29, 1.82) is 0 Å². The van der Waals surface area contributed by atoms with Crippen molar-refractivity contribution < 1.29 is 9.66 Å². The van der Waals surface area contributed by atoms with Crippen LogP contribution >= 0.6 is 0 Å². The van der Waals surface area contributed by atoms with Crippen LogP contribution in [0.25, 0.3) is 33.6 Å². The highest BCUT2D eigenvalue weighted by Gasteiger charge is 2.11. The van der Waals surface area contributed by atoms with Crippen molar-refractivity contribution in [2.45, 2.75) is 0 Å². The predicted octanol–water partition coefficient (Wildman–Crippen LogP) is 6.00. The third-order valence-corrected chi connectivity index (χ3v) is 4.69. The molecular formula is C24H18N2O3. The number of ether oxygens (including phenoxy) is 1. The minimum Gasteiger partial charge on any atom is -0.497 e. The number of pyridine rings is 1. The minimum atomic E-state index is -0.402. The SMILES string of the molecule is COc1ccc(-c2cc(-c3ccccc3)cc(-c3ccc([N+](=O)[O-])cc3)n2)cc1. The summed E-state index contributed by atoms with van der Waals surface area (Å²) in [5, 5.41) is 11.0. The van der Waals surface area contributed by atoms with Gasteiger partial charge >= 0.3 is 0 Å². The molecule has 0 N–H and O–H groups in total. The molecule has 0 aliphatic rings. The first-order chi connectivity index (χ1) is 14.1. The summed E-state index contributed by atoms with van der Waals surface area (Å²) in [6, 6.07) is 28.3. The zero-order valence-corrected chi connectivity index (χ0v) is 15.8. The highest BCUT2D eigenvalue weighted by Crippen LogP contribution is 2.31. The molecule has 0 saturated heterocycles. The number of nitro groups is 1. The van der Waals surface area contributed by atoms with Crippen molar-refractivity contribution in [3.05, 3.63) is 101 Å². The van der Waals surface area contributed by atoms with Crippen LogP contribution in [-0.2, 0) is 0 Å². The van der Waals surface area contributed by atoms with E-state index in [0.29, 0.717) is 0 Å². The minimum absolute atomic E-state index is 0.0586. The van der Waals surface area contributed by atoms with Gasteiger partial charge in [-0.05, 0) is 59.7 Å². The van der Waals surface area contributed by atoms with Gasteiger partial charge in [0.25, 0.3) is 5.69 Å². The largest absolute Gasteiger partial charge is 0.497 e. The molecule has 0 bridgehead atoms. The Kier molecular flexibility index (Phi) is 5.03. The molecule has 4 aromatic rings. The molecule has 0 unspecified atom stereocenters. The molecular weight excluding hydrogens is 364 g/mol. The lowest BCUT2D eigenvalue weighted by molar-refractivity contribution is -0.384. The number of aromatic nitrogens is 1. The van der Waals surface area contributed by atoms with E-state index < -0.39 is 4.92 Å². The van der Waals surface area contributed by atoms with Crippen LogP contribution in [0.15, 0.2) is 91.0 Å². The maximum Gasteiger partial charge on any atom is 0.269 e. The maximum atomic E-state index is 11.0. The highest BCUT2D eigenvalue weighted by atomic mass is 16.6. The van der Waals surface area contributed by atoms with Crippen molar-refractivity contribution in [3.8, 4) is 39.4 Å². The van der Waals surface area contributed by atoms with Crippen molar-refractivity contribution in [2.24, 2.45) is 0 Å². The van der Waals surface area contributed by atoms with E-state index in [1.807, 2.05) is 66.7 Å².